The van der Waals surface area contributed by atoms with Crippen molar-refractivity contribution in [3.8, 4) is 0 Å². The smallest absolute Gasteiger partial charge is 0.126 e. The molecule has 0 aliphatic rings. The topological polar surface area (TPSA) is 29.9 Å². The van der Waals surface area contributed by atoms with E-state index in [0.29, 0.717) is 0 Å². The van der Waals surface area contributed by atoms with Crippen LogP contribution >= 0.6 is 0 Å². The highest BCUT2D eigenvalue weighted by molar-refractivity contribution is 5.30. The normalized spacial score (nSPS) is 12.6. The molecule has 1 atom stereocenters. The zero-order chi connectivity index (χ0) is 15.2. The molecule has 114 valence electrons. The van der Waals surface area contributed by atoms with Gasteiger partial charge in [0, 0.05) is 18.9 Å². The quantitative estimate of drug-likeness (QED) is 0.838. The summed E-state index contributed by atoms with van der Waals surface area (Å²) in [4.78, 5) is 4.59. The van der Waals surface area contributed by atoms with Crippen molar-refractivity contribution in [2.24, 2.45) is 0 Å². The fourth-order valence-electron chi connectivity index (χ4n) is 2.73. The van der Waals surface area contributed by atoms with Gasteiger partial charge >= 0.3 is 0 Å². The van der Waals surface area contributed by atoms with E-state index in [4.69, 9.17) is 0 Å². The van der Waals surface area contributed by atoms with Crippen LogP contribution in [0.2, 0.25) is 0 Å². The van der Waals surface area contributed by atoms with Crippen molar-refractivity contribution in [2.75, 3.05) is 6.54 Å². The van der Waals surface area contributed by atoms with E-state index in [9.17, 15) is 0 Å². The second kappa shape index (κ2) is 7.41. The number of aryl methyl sites for hydroxylation is 3. The molecule has 1 aromatic carbocycles. The number of hydrogen-bond donors (Lipinski definition) is 1. The second-order valence-corrected chi connectivity index (χ2v) is 5.71. The van der Waals surface area contributed by atoms with E-state index in [1.807, 2.05) is 6.20 Å². The Balaban J connectivity index is 2.22. The van der Waals surface area contributed by atoms with Gasteiger partial charge in [-0.15, -0.1) is 0 Å². The van der Waals surface area contributed by atoms with E-state index >= 15 is 0 Å². The third kappa shape index (κ3) is 3.94. The van der Waals surface area contributed by atoms with Crippen LogP contribution in [0.4, 0.5) is 0 Å². The summed E-state index contributed by atoms with van der Waals surface area (Å²) >= 11 is 0. The maximum absolute atomic E-state index is 4.59. The predicted octanol–water partition coefficient (Wildman–Crippen LogP) is 3.80. The molecule has 3 heteroatoms. The Bertz CT molecular complexity index is 572. The maximum atomic E-state index is 4.59. The molecule has 2 rings (SSSR count). The summed E-state index contributed by atoms with van der Waals surface area (Å²) in [5.41, 5.74) is 4.08. The summed E-state index contributed by atoms with van der Waals surface area (Å²) in [6.45, 7) is 10.7. The molecule has 0 fully saturated rings. The minimum absolute atomic E-state index is 0.277. The number of hydrogen-bond acceptors (Lipinski definition) is 2. The number of imidazole rings is 1. The number of aromatic nitrogens is 2. The molecule has 0 radical (unpaired) electrons. The highest BCUT2D eigenvalue weighted by atomic mass is 15.1. The van der Waals surface area contributed by atoms with E-state index in [1.165, 1.54) is 16.7 Å². The summed E-state index contributed by atoms with van der Waals surface area (Å²) in [5, 5.41) is 3.58. The van der Waals surface area contributed by atoms with Gasteiger partial charge in [-0.1, -0.05) is 32.0 Å². The molecule has 1 unspecified atom stereocenters. The highest BCUT2D eigenvalue weighted by Crippen LogP contribution is 2.19. The van der Waals surface area contributed by atoms with Crippen LogP contribution in [0.15, 0.2) is 30.6 Å². The molecule has 0 bridgehead atoms. The molecule has 0 saturated heterocycles. The van der Waals surface area contributed by atoms with E-state index in [2.05, 4.69) is 67.0 Å². The monoisotopic (exact) mass is 285 g/mol. The Hall–Kier alpha value is -1.61. The van der Waals surface area contributed by atoms with Gasteiger partial charge in [-0.2, -0.15) is 0 Å². The lowest BCUT2D eigenvalue weighted by atomic mass is 10.0. The third-order valence-corrected chi connectivity index (χ3v) is 3.99. The fraction of sp³-hybridized carbons (Fsp3) is 0.500. The van der Waals surface area contributed by atoms with E-state index in [1.54, 1.807) is 0 Å². The molecular formula is C18H27N3. The van der Waals surface area contributed by atoms with Crippen LogP contribution in [-0.2, 0) is 13.0 Å². The average molecular weight is 285 g/mol. The van der Waals surface area contributed by atoms with Crippen molar-refractivity contribution in [1.29, 1.82) is 0 Å². The van der Waals surface area contributed by atoms with Gasteiger partial charge in [-0.05, 0) is 49.9 Å². The van der Waals surface area contributed by atoms with Gasteiger partial charge in [-0.25, -0.2) is 4.98 Å². The number of likely N-dealkylation sites (N-methyl/N-ethyl adjacent to an activating group) is 1. The molecule has 1 aromatic heterocycles. The first-order chi connectivity index (χ1) is 10.2. The minimum atomic E-state index is 0.277. The summed E-state index contributed by atoms with van der Waals surface area (Å²) < 4.78 is 2.27. The third-order valence-electron chi connectivity index (χ3n) is 3.99. The summed E-state index contributed by atoms with van der Waals surface area (Å²) in [5.74, 6) is 1.15. The van der Waals surface area contributed by atoms with Gasteiger partial charge in [0.25, 0.3) is 0 Å². The van der Waals surface area contributed by atoms with Crippen molar-refractivity contribution in [3.63, 3.8) is 0 Å². The average Bonchev–Trinajstić information content (AvgIpc) is 2.91. The molecule has 0 aliphatic carbocycles. The van der Waals surface area contributed by atoms with Crippen LogP contribution in [0.5, 0.6) is 0 Å². The first kappa shape index (κ1) is 15.8. The lowest BCUT2D eigenvalue weighted by Gasteiger charge is -2.19. The van der Waals surface area contributed by atoms with Crippen molar-refractivity contribution in [1.82, 2.24) is 14.9 Å². The number of rotatable bonds is 7. The molecule has 2 aromatic rings. The first-order valence-corrected chi connectivity index (χ1v) is 7.96. The number of benzene rings is 1. The standard InChI is InChI=1S/C18H27N3/c1-5-10-21-11-9-20-18(21)17(19-6-2)13-16-8-7-14(3)15(4)12-16/h7-9,11-12,17,19H,5-6,10,13H2,1-4H3. The highest BCUT2D eigenvalue weighted by Gasteiger charge is 2.16. The fourth-order valence-corrected chi connectivity index (χ4v) is 2.73. The van der Waals surface area contributed by atoms with Gasteiger partial charge in [0.2, 0.25) is 0 Å². The molecule has 0 saturated carbocycles. The van der Waals surface area contributed by atoms with Gasteiger partial charge in [0.15, 0.2) is 0 Å². The first-order valence-electron chi connectivity index (χ1n) is 7.96. The largest absolute Gasteiger partial charge is 0.334 e. The van der Waals surface area contributed by atoms with Crippen molar-refractivity contribution >= 4 is 0 Å². The van der Waals surface area contributed by atoms with Crippen LogP contribution in [0.25, 0.3) is 0 Å². The molecular weight excluding hydrogens is 258 g/mol. The Labute approximate surface area is 128 Å². The van der Waals surface area contributed by atoms with Crippen LogP contribution in [-0.4, -0.2) is 16.1 Å². The minimum Gasteiger partial charge on any atom is -0.334 e. The van der Waals surface area contributed by atoms with Crippen LogP contribution < -0.4 is 5.32 Å². The van der Waals surface area contributed by atoms with E-state index in [-0.39, 0.29) is 6.04 Å². The van der Waals surface area contributed by atoms with E-state index < -0.39 is 0 Å². The van der Waals surface area contributed by atoms with Crippen molar-refractivity contribution in [2.45, 2.75) is 53.1 Å². The number of nitrogens with one attached hydrogen (secondary N) is 1. The zero-order valence-corrected chi connectivity index (χ0v) is 13.7. The van der Waals surface area contributed by atoms with E-state index in [0.717, 1.165) is 31.8 Å². The van der Waals surface area contributed by atoms with Crippen LogP contribution in [0, 0.1) is 13.8 Å². The Kier molecular flexibility index (Phi) is 5.57. The Morgan fingerprint density at radius 2 is 2.00 bits per heavy atom. The van der Waals surface area contributed by atoms with Gasteiger partial charge in [0.05, 0.1) is 6.04 Å². The zero-order valence-electron chi connectivity index (χ0n) is 13.7. The van der Waals surface area contributed by atoms with Crippen molar-refractivity contribution < 1.29 is 0 Å². The summed E-state index contributed by atoms with van der Waals surface area (Å²) in [6, 6.07) is 7.03. The number of nitrogens with zero attached hydrogens (tertiary/aromatic N) is 2. The molecule has 21 heavy (non-hydrogen) atoms. The SMILES string of the molecule is CCCn1ccnc1C(Cc1ccc(C)c(C)c1)NCC. The molecule has 0 spiro atoms. The molecule has 0 amide bonds. The van der Waals surface area contributed by atoms with Crippen LogP contribution in [0.1, 0.15) is 48.8 Å². The molecule has 0 aliphatic heterocycles. The Morgan fingerprint density at radius 1 is 1.19 bits per heavy atom. The molecule has 3 nitrogen and oxygen atoms in total. The lowest BCUT2D eigenvalue weighted by molar-refractivity contribution is 0.487. The summed E-state index contributed by atoms with van der Waals surface area (Å²) in [7, 11) is 0. The Morgan fingerprint density at radius 3 is 2.67 bits per heavy atom. The van der Waals surface area contributed by atoms with Crippen molar-refractivity contribution in [3.05, 3.63) is 53.1 Å². The molecule has 1 N–H and O–H groups in total. The van der Waals surface area contributed by atoms with Gasteiger partial charge < -0.3 is 9.88 Å². The van der Waals surface area contributed by atoms with Gasteiger partial charge in [-0.3, -0.25) is 0 Å². The lowest BCUT2D eigenvalue weighted by Crippen LogP contribution is -2.26. The maximum Gasteiger partial charge on any atom is 0.126 e. The molecule has 1 heterocycles. The van der Waals surface area contributed by atoms with Gasteiger partial charge in [0.1, 0.15) is 5.82 Å². The summed E-state index contributed by atoms with van der Waals surface area (Å²) in [6.07, 6.45) is 6.11. The predicted molar refractivity (Wildman–Crippen MR) is 88.6 cm³/mol. The van der Waals surface area contributed by atoms with Crippen LogP contribution in [0.3, 0.4) is 0 Å². The second-order valence-electron chi connectivity index (χ2n) is 5.71.